The minimum absolute atomic E-state index is 0. The molecule has 0 fully saturated rings. The molecule has 0 unspecified atom stereocenters. The second kappa shape index (κ2) is 4.41. The molecule has 1 rings (SSSR count). The van der Waals surface area contributed by atoms with Gasteiger partial charge in [-0.2, -0.15) is 0 Å². The van der Waals surface area contributed by atoms with Crippen LogP contribution in [0.25, 0.3) is 0 Å². The van der Waals surface area contributed by atoms with E-state index in [0.717, 1.165) is 11.1 Å². The summed E-state index contributed by atoms with van der Waals surface area (Å²) in [7, 11) is 0. The zero-order chi connectivity index (χ0) is 9.46. The first-order valence-electron chi connectivity index (χ1n) is 4.22. The van der Waals surface area contributed by atoms with Gasteiger partial charge in [0.05, 0.1) is 0 Å². The van der Waals surface area contributed by atoms with Crippen molar-refractivity contribution in [3.63, 3.8) is 0 Å². The van der Waals surface area contributed by atoms with Gasteiger partial charge in [-0.05, 0) is 62.4 Å². The van der Waals surface area contributed by atoms with Gasteiger partial charge in [-0.15, -0.1) is 0 Å². The molecule has 1 nitrogen and oxygen atoms in total. The molecule has 0 amide bonds. The maximum atomic E-state index is 9.69. The molecule has 0 saturated heterocycles. The van der Waals surface area contributed by atoms with Gasteiger partial charge in [0, 0.05) is 0 Å². The molecule has 1 N–H and O–H groups in total. The topological polar surface area (TPSA) is 20.2 Å². The van der Waals surface area contributed by atoms with Crippen LogP contribution in [0, 0.1) is 34.6 Å². The molecule has 0 aromatic heterocycles. The van der Waals surface area contributed by atoms with Crippen LogP contribution in [0.4, 0.5) is 0 Å². The Hall–Kier alpha value is -0.0969. The Balaban J connectivity index is 0.00000144. The van der Waals surface area contributed by atoms with Crippen molar-refractivity contribution in [2.45, 2.75) is 34.6 Å². The molecule has 0 aliphatic heterocycles. The first kappa shape index (κ1) is 12.9. The van der Waals surface area contributed by atoms with Crippen molar-refractivity contribution in [1.29, 1.82) is 0 Å². The summed E-state index contributed by atoms with van der Waals surface area (Å²) in [6, 6.07) is 0. The van der Waals surface area contributed by atoms with E-state index in [1.165, 1.54) is 16.7 Å². The molecule has 0 heterocycles. The number of aromatic hydroxyl groups is 1. The fourth-order valence-corrected chi connectivity index (χ4v) is 1.48. The summed E-state index contributed by atoms with van der Waals surface area (Å²) < 4.78 is 0. The van der Waals surface area contributed by atoms with Crippen molar-refractivity contribution in [2.75, 3.05) is 0 Å². The summed E-state index contributed by atoms with van der Waals surface area (Å²) in [5.74, 6) is 0.454. The molecular formula is C11H19BiO. The average molecular weight is 376 g/mol. The van der Waals surface area contributed by atoms with Crippen molar-refractivity contribution < 1.29 is 5.11 Å². The number of rotatable bonds is 0. The first-order valence-corrected chi connectivity index (χ1v) is 4.22. The van der Waals surface area contributed by atoms with Gasteiger partial charge in [0.1, 0.15) is 5.75 Å². The molecule has 74 valence electrons. The van der Waals surface area contributed by atoms with Crippen molar-refractivity contribution in [3.8, 4) is 5.75 Å². The first-order chi connectivity index (χ1) is 5.46. The third kappa shape index (κ3) is 2.04. The molecule has 0 spiro atoms. The van der Waals surface area contributed by atoms with Crippen molar-refractivity contribution in [2.24, 2.45) is 0 Å². The van der Waals surface area contributed by atoms with Crippen LogP contribution in [0.15, 0.2) is 0 Å². The van der Waals surface area contributed by atoms with Crippen LogP contribution in [-0.2, 0) is 0 Å². The van der Waals surface area contributed by atoms with Gasteiger partial charge in [0.25, 0.3) is 0 Å². The molecule has 1 aromatic carbocycles. The Morgan fingerprint density at radius 1 is 0.615 bits per heavy atom. The molecule has 1 aromatic rings. The molecule has 0 bridgehead atoms. The van der Waals surface area contributed by atoms with E-state index in [9.17, 15) is 5.11 Å². The van der Waals surface area contributed by atoms with Gasteiger partial charge in [0.2, 0.25) is 0 Å². The molecular weight excluding hydrogens is 357 g/mol. The van der Waals surface area contributed by atoms with E-state index >= 15 is 0 Å². The van der Waals surface area contributed by atoms with E-state index in [1.807, 2.05) is 13.8 Å². The van der Waals surface area contributed by atoms with Gasteiger partial charge in [-0.1, -0.05) is 0 Å². The van der Waals surface area contributed by atoms with Gasteiger partial charge >= 0.3 is 26.2 Å². The fourth-order valence-electron chi connectivity index (χ4n) is 1.48. The monoisotopic (exact) mass is 376 g/mol. The fraction of sp³-hybridized carbons (Fsp3) is 0.455. The number of phenols is 1. The van der Waals surface area contributed by atoms with Crippen molar-refractivity contribution >= 4 is 26.2 Å². The average Bonchev–Trinajstić information content (AvgIpc) is 2.08. The predicted octanol–water partition coefficient (Wildman–Crippen LogP) is 1.75. The normalized spacial score (nSPS) is 9.62. The Kier molecular flexibility index (Phi) is 4.38. The molecule has 13 heavy (non-hydrogen) atoms. The van der Waals surface area contributed by atoms with E-state index < -0.39 is 0 Å². The van der Waals surface area contributed by atoms with Crippen LogP contribution in [-0.4, -0.2) is 31.3 Å². The van der Waals surface area contributed by atoms with E-state index in [1.54, 1.807) is 0 Å². The van der Waals surface area contributed by atoms with Crippen LogP contribution in [0.5, 0.6) is 5.75 Å². The van der Waals surface area contributed by atoms with Crippen LogP contribution in [0.3, 0.4) is 0 Å². The molecule has 0 aliphatic carbocycles. The quantitative estimate of drug-likeness (QED) is 0.685. The summed E-state index contributed by atoms with van der Waals surface area (Å²) in [6.45, 7) is 10.1. The number of hydrogen-bond acceptors (Lipinski definition) is 1. The van der Waals surface area contributed by atoms with Gasteiger partial charge < -0.3 is 5.11 Å². The number of benzene rings is 1. The Labute approximate surface area is 99.3 Å². The third-order valence-electron chi connectivity index (χ3n) is 2.96. The van der Waals surface area contributed by atoms with Crippen LogP contribution >= 0.6 is 0 Å². The molecule has 0 aliphatic rings. The van der Waals surface area contributed by atoms with Crippen LogP contribution in [0.1, 0.15) is 27.8 Å². The van der Waals surface area contributed by atoms with Crippen molar-refractivity contribution in [1.82, 2.24) is 0 Å². The van der Waals surface area contributed by atoms with Gasteiger partial charge in [-0.3, -0.25) is 0 Å². The zero-order valence-electron chi connectivity index (χ0n) is 9.15. The third-order valence-corrected chi connectivity index (χ3v) is 2.96. The summed E-state index contributed by atoms with van der Waals surface area (Å²) in [5.41, 5.74) is 5.72. The molecule has 0 saturated carbocycles. The minimum atomic E-state index is 0. The Morgan fingerprint density at radius 2 is 0.846 bits per heavy atom. The maximum absolute atomic E-state index is 9.69. The molecule has 0 radical (unpaired) electrons. The van der Waals surface area contributed by atoms with E-state index in [-0.39, 0.29) is 26.2 Å². The van der Waals surface area contributed by atoms with Gasteiger partial charge in [-0.25, -0.2) is 0 Å². The van der Waals surface area contributed by atoms with Crippen LogP contribution < -0.4 is 0 Å². The summed E-state index contributed by atoms with van der Waals surface area (Å²) in [6.07, 6.45) is 0. The van der Waals surface area contributed by atoms with E-state index in [0.29, 0.717) is 5.75 Å². The summed E-state index contributed by atoms with van der Waals surface area (Å²) >= 11 is 0. The molecule has 2 heteroatoms. The van der Waals surface area contributed by atoms with Crippen LogP contribution in [0.2, 0.25) is 0 Å². The standard InChI is InChI=1S/C11H16O.Bi.3H/c1-6-7(2)9(4)11(12)10(5)8(6)3;;;;/h12H,1-5H3;;;;. The second-order valence-electron chi connectivity index (χ2n) is 3.47. The van der Waals surface area contributed by atoms with Crippen molar-refractivity contribution in [3.05, 3.63) is 27.8 Å². The van der Waals surface area contributed by atoms with Gasteiger partial charge in [0.15, 0.2) is 0 Å². The number of hydrogen-bond donors (Lipinski definition) is 1. The van der Waals surface area contributed by atoms with E-state index in [4.69, 9.17) is 0 Å². The predicted molar refractivity (Wildman–Crippen MR) is 61.7 cm³/mol. The van der Waals surface area contributed by atoms with E-state index in [2.05, 4.69) is 20.8 Å². The molecule has 0 atom stereocenters. The summed E-state index contributed by atoms with van der Waals surface area (Å²) in [4.78, 5) is 0. The second-order valence-corrected chi connectivity index (χ2v) is 3.47. The zero-order valence-corrected chi connectivity index (χ0v) is 14.7. The SMILES string of the molecule is Cc1c(C)c(C)c(O)c(C)c1C.[BiH3]. The Bertz CT molecular complexity index is 224. The Morgan fingerprint density at radius 3 is 1.15 bits per heavy atom. The number of phenolic OH excluding ortho intramolecular Hbond substituents is 1. The summed E-state index contributed by atoms with van der Waals surface area (Å²) in [5, 5.41) is 9.69.